The zero-order chi connectivity index (χ0) is 34.4. The van der Waals surface area contributed by atoms with Crippen LogP contribution in [-0.2, 0) is 4.57 Å². The van der Waals surface area contributed by atoms with Crippen LogP contribution in [0, 0.1) is 62.3 Å². The summed E-state index contributed by atoms with van der Waals surface area (Å²) in [6.07, 6.45) is 0. The zero-order valence-electron chi connectivity index (χ0n) is 28.7. The molecule has 0 aliphatic heterocycles. The van der Waals surface area contributed by atoms with Crippen LogP contribution in [-0.4, -0.2) is 17.1 Å². The van der Waals surface area contributed by atoms with Crippen LogP contribution in [0.1, 0.15) is 92.3 Å². The summed E-state index contributed by atoms with van der Waals surface area (Å²) in [7, 11) is -4.26. The number of hydrogen-bond acceptors (Lipinski definition) is 4. The van der Waals surface area contributed by atoms with Gasteiger partial charge in [-0.15, -0.1) is 0 Å². The van der Waals surface area contributed by atoms with Crippen LogP contribution in [0.4, 0.5) is 0 Å². The fourth-order valence-corrected chi connectivity index (χ4v) is 10.1. The normalized spacial score (nSPS) is 12.4. The van der Waals surface area contributed by atoms with Crippen LogP contribution >= 0.6 is 7.14 Å². The molecule has 1 unspecified atom stereocenters. The Balaban J connectivity index is 1.93. The Bertz CT molecular complexity index is 2080. The molecule has 0 spiro atoms. The quantitative estimate of drug-likeness (QED) is 0.125. The van der Waals surface area contributed by atoms with Crippen molar-refractivity contribution < 1.29 is 18.9 Å². The van der Waals surface area contributed by atoms with E-state index >= 15 is 9.36 Å². The molecule has 0 saturated carbocycles. The van der Waals surface area contributed by atoms with Crippen LogP contribution < -0.4 is 10.6 Å². The van der Waals surface area contributed by atoms with Crippen molar-refractivity contribution in [3.8, 4) is 0 Å². The lowest BCUT2D eigenvalue weighted by Gasteiger charge is -2.25. The molecule has 0 radical (unpaired) electrons. The van der Waals surface area contributed by atoms with Gasteiger partial charge in [0.15, 0.2) is 11.6 Å². The van der Waals surface area contributed by atoms with Gasteiger partial charge in [-0.3, -0.25) is 14.4 Å². The molecule has 0 N–H and O–H groups in total. The predicted octanol–water partition coefficient (Wildman–Crippen LogP) is 9.08. The van der Waals surface area contributed by atoms with Gasteiger partial charge >= 0.3 is 0 Å². The van der Waals surface area contributed by atoms with Gasteiger partial charge in [0, 0.05) is 38.4 Å². The molecule has 0 aromatic heterocycles. The number of carbonyl (C=O) groups is 3. The van der Waals surface area contributed by atoms with Gasteiger partial charge in [0.05, 0.1) is 0 Å². The molecule has 0 aliphatic rings. The second-order valence-electron chi connectivity index (χ2n) is 12.9. The van der Waals surface area contributed by atoms with Gasteiger partial charge in [-0.1, -0.05) is 95.6 Å². The number of carbonyl (C=O) groups excluding carboxylic acids is 3. The summed E-state index contributed by atoms with van der Waals surface area (Å²) in [5, 5.41) is 0.383. The van der Waals surface area contributed by atoms with Gasteiger partial charge in [-0.25, -0.2) is 0 Å². The second kappa shape index (κ2) is 12.9. The largest absolute Gasteiger partial charge is 0.305 e. The first-order chi connectivity index (χ1) is 22.2. The molecule has 1 atom stereocenters. The van der Waals surface area contributed by atoms with E-state index in [9.17, 15) is 9.59 Å². The van der Waals surface area contributed by atoms with E-state index in [4.69, 9.17) is 0 Å². The lowest BCUT2D eigenvalue weighted by atomic mass is 9.87. The smallest absolute Gasteiger partial charge is 0.230 e. The topological polar surface area (TPSA) is 68.3 Å². The van der Waals surface area contributed by atoms with E-state index < -0.39 is 18.4 Å². The molecule has 5 rings (SSSR count). The molecule has 0 heterocycles. The van der Waals surface area contributed by atoms with E-state index in [1.54, 1.807) is 48.5 Å². The van der Waals surface area contributed by atoms with Crippen LogP contribution in [0.5, 0.6) is 0 Å². The Labute approximate surface area is 278 Å². The van der Waals surface area contributed by atoms with E-state index in [1.807, 2.05) is 98.7 Å². The Morgan fingerprint density at radius 2 is 0.851 bits per heavy atom. The van der Waals surface area contributed by atoms with Crippen molar-refractivity contribution in [2.24, 2.45) is 0 Å². The Kier molecular flexibility index (Phi) is 9.22. The monoisotopic (exact) mass is 640 g/mol. The molecule has 0 saturated heterocycles. The van der Waals surface area contributed by atoms with Gasteiger partial charge in [0.25, 0.3) is 0 Å². The summed E-state index contributed by atoms with van der Waals surface area (Å²) in [6.45, 7) is 17.1. The molecule has 4 nitrogen and oxygen atoms in total. The third-order valence-corrected chi connectivity index (χ3v) is 11.8. The van der Waals surface area contributed by atoms with Gasteiger partial charge in [0.2, 0.25) is 12.7 Å². The first-order valence-corrected chi connectivity index (χ1v) is 17.5. The third kappa shape index (κ3) is 5.99. The highest BCUT2D eigenvalue weighted by Gasteiger charge is 2.42. The van der Waals surface area contributed by atoms with Gasteiger partial charge in [0.1, 0.15) is 0 Å². The molecule has 47 heavy (non-hydrogen) atoms. The number of aryl methyl sites for hydroxylation is 9. The molecule has 0 aliphatic carbocycles. The maximum Gasteiger partial charge on any atom is 0.230 e. The average molecular weight is 641 g/mol. The van der Waals surface area contributed by atoms with Crippen LogP contribution in [0.15, 0.2) is 84.9 Å². The van der Waals surface area contributed by atoms with Crippen molar-refractivity contribution in [3.05, 3.63) is 163 Å². The molecule has 0 bridgehead atoms. The number of rotatable bonds is 8. The zero-order valence-corrected chi connectivity index (χ0v) is 29.6. The standard InChI is InChI=1S/C42H41O4P/c1-24-18-27(4)36(28(5)19-24)40(43)34-16-13-17-35(39(34)41(44)37-29(6)20-25(2)21-30(37)7)47(46,33-14-11-10-12-15-33)42(45)38-31(8)22-26(3)23-32(38)9/h10-23H,1-9H3. The van der Waals surface area contributed by atoms with Crippen molar-refractivity contribution in [1.29, 1.82) is 0 Å². The summed E-state index contributed by atoms with van der Waals surface area (Å²) >= 11 is 0. The van der Waals surface area contributed by atoms with E-state index in [2.05, 4.69) is 0 Å². The third-order valence-electron chi connectivity index (χ3n) is 8.96. The number of hydrogen-bond donors (Lipinski definition) is 0. The highest BCUT2D eigenvalue weighted by molar-refractivity contribution is 7.93. The number of benzene rings is 5. The van der Waals surface area contributed by atoms with Crippen molar-refractivity contribution >= 4 is 34.8 Å². The van der Waals surface area contributed by atoms with Crippen molar-refractivity contribution in [2.45, 2.75) is 62.3 Å². The highest BCUT2D eigenvalue weighted by Crippen LogP contribution is 2.50. The minimum atomic E-state index is -4.26. The maximum absolute atomic E-state index is 16.0. The summed E-state index contributed by atoms with van der Waals surface area (Å²) in [6, 6.07) is 25.1. The second-order valence-corrected chi connectivity index (χ2v) is 15.6. The van der Waals surface area contributed by atoms with Gasteiger partial charge in [-0.2, -0.15) is 0 Å². The molecule has 5 aromatic rings. The van der Waals surface area contributed by atoms with E-state index in [-0.39, 0.29) is 22.2 Å². The van der Waals surface area contributed by atoms with Crippen molar-refractivity contribution in [1.82, 2.24) is 0 Å². The summed E-state index contributed by atoms with van der Waals surface area (Å²) < 4.78 is 16.0. The lowest BCUT2D eigenvalue weighted by molar-refractivity contribution is 0.100. The van der Waals surface area contributed by atoms with Gasteiger partial charge < -0.3 is 4.57 Å². The first-order valence-electron chi connectivity index (χ1n) is 15.8. The summed E-state index contributed by atoms with van der Waals surface area (Å²) in [5.74, 6) is -0.773. The van der Waals surface area contributed by atoms with Crippen molar-refractivity contribution in [3.63, 3.8) is 0 Å². The lowest BCUT2D eigenvalue weighted by Crippen LogP contribution is -2.30. The maximum atomic E-state index is 16.0. The highest BCUT2D eigenvalue weighted by atomic mass is 31.2. The Morgan fingerprint density at radius 3 is 1.30 bits per heavy atom. The van der Waals surface area contributed by atoms with Crippen molar-refractivity contribution in [2.75, 3.05) is 0 Å². The molecule has 0 amide bonds. The fraction of sp³-hybridized carbons (Fsp3) is 0.214. The average Bonchev–Trinajstić information content (AvgIpc) is 2.99. The minimum absolute atomic E-state index is 0.00915. The van der Waals surface area contributed by atoms with Crippen LogP contribution in [0.25, 0.3) is 0 Å². The molecule has 238 valence electrons. The Hall–Kier alpha value is -4.66. The SMILES string of the molecule is Cc1cc(C)c(C(=O)c2cccc(P(=O)(C(=O)c3c(C)cc(C)cc3C)c3ccccc3)c2C(=O)c2c(C)cc(C)cc2C)c(C)c1. The van der Waals surface area contributed by atoms with E-state index in [1.165, 1.54) is 0 Å². The number of ketones is 2. The van der Waals surface area contributed by atoms with Crippen LogP contribution in [0.2, 0.25) is 0 Å². The van der Waals surface area contributed by atoms with Crippen LogP contribution in [0.3, 0.4) is 0 Å². The minimum Gasteiger partial charge on any atom is -0.305 e. The predicted molar refractivity (Wildman–Crippen MR) is 193 cm³/mol. The summed E-state index contributed by atoms with van der Waals surface area (Å²) in [5.41, 5.74) is 8.36. The van der Waals surface area contributed by atoms with Gasteiger partial charge in [-0.05, 0) is 102 Å². The summed E-state index contributed by atoms with van der Waals surface area (Å²) in [4.78, 5) is 44.6. The molecule has 5 heteroatoms. The molecule has 5 aromatic carbocycles. The Morgan fingerprint density at radius 1 is 0.447 bits per heavy atom. The fourth-order valence-electron chi connectivity index (χ4n) is 7.24. The molecular formula is C42H41O4P. The molecular weight excluding hydrogens is 599 g/mol. The van der Waals surface area contributed by atoms with E-state index in [0.717, 1.165) is 38.9 Å². The molecule has 0 fully saturated rings. The first kappa shape index (κ1) is 33.7. The van der Waals surface area contributed by atoms with E-state index in [0.29, 0.717) is 33.1 Å².